The standard InChI is InChI=1S/C14H13N3O3/c1-10-7-11(2)16(14(18)8-10)15-9-12-3-5-13(6-4-12)17(19)20/h3-9H,1-2H3. The van der Waals surface area contributed by atoms with Gasteiger partial charge in [-0.05, 0) is 43.2 Å². The van der Waals surface area contributed by atoms with Crippen LogP contribution in [0.3, 0.4) is 0 Å². The van der Waals surface area contributed by atoms with Gasteiger partial charge in [0.2, 0.25) is 0 Å². The number of nitro groups is 1. The molecule has 6 heteroatoms. The number of nitro benzene ring substituents is 1. The minimum absolute atomic E-state index is 0.0193. The van der Waals surface area contributed by atoms with Gasteiger partial charge in [0.25, 0.3) is 11.2 Å². The van der Waals surface area contributed by atoms with Gasteiger partial charge in [-0.1, -0.05) is 0 Å². The van der Waals surface area contributed by atoms with Crippen LogP contribution in [0.4, 0.5) is 5.69 Å². The Morgan fingerprint density at radius 1 is 1.20 bits per heavy atom. The second-order valence-corrected chi connectivity index (χ2v) is 4.42. The third-order valence-electron chi connectivity index (χ3n) is 2.76. The molecule has 2 aromatic rings. The summed E-state index contributed by atoms with van der Waals surface area (Å²) in [5.41, 5.74) is 2.11. The lowest BCUT2D eigenvalue weighted by atomic mass is 10.2. The van der Waals surface area contributed by atoms with E-state index >= 15 is 0 Å². The Morgan fingerprint density at radius 2 is 1.85 bits per heavy atom. The monoisotopic (exact) mass is 271 g/mol. The molecule has 0 bridgehead atoms. The number of hydrogen-bond acceptors (Lipinski definition) is 4. The van der Waals surface area contributed by atoms with E-state index in [1.807, 2.05) is 13.0 Å². The van der Waals surface area contributed by atoms with Crippen molar-refractivity contribution in [2.75, 3.05) is 0 Å². The molecule has 1 aromatic heterocycles. The molecule has 0 N–H and O–H groups in total. The molecule has 2 rings (SSSR count). The van der Waals surface area contributed by atoms with Crippen molar-refractivity contribution in [3.05, 3.63) is 73.7 Å². The highest BCUT2D eigenvalue weighted by molar-refractivity contribution is 5.79. The minimum Gasteiger partial charge on any atom is -0.267 e. The summed E-state index contributed by atoms with van der Waals surface area (Å²) in [6, 6.07) is 9.30. The highest BCUT2D eigenvalue weighted by atomic mass is 16.6. The summed E-state index contributed by atoms with van der Waals surface area (Å²) < 4.78 is 1.29. The van der Waals surface area contributed by atoms with Crippen molar-refractivity contribution in [2.45, 2.75) is 13.8 Å². The molecule has 0 atom stereocenters. The fourth-order valence-electron chi connectivity index (χ4n) is 1.82. The maximum atomic E-state index is 11.8. The Kier molecular flexibility index (Phi) is 3.74. The van der Waals surface area contributed by atoms with Gasteiger partial charge in [0.15, 0.2) is 0 Å². The number of benzene rings is 1. The van der Waals surface area contributed by atoms with Crippen LogP contribution in [-0.2, 0) is 0 Å². The third kappa shape index (κ3) is 2.97. The zero-order valence-corrected chi connectivity index (χ0v) is 11.1. The topological polar surface area (TPSA) is 77.5 Å². The van der Waals surface area contributed by atoms with E-state index < -0.39 is 4.92 Å². The Labute approximate surface area is 115 Å². The van der Waals surface area contributed by atoms with Crippen LogP contribution in [0, 0.1) is 24.0 Å². The van der Waals surface area contributed by atoms with E-state index in [-0.39, 0.29) is 11.2 Å². The van der Waals surface area contributed by atoms with Crippen molar-refractivity contribution in [1.29, 1.82) is 0 Å². The summed E-state index contributed by atoms with van der Waals surface area (Å²) in [4.78, 5) is 21.9. The molecule has 0 amide bonds. The molecule has 0 spiro atoms. The molecule has 0 saturated carbocycles. The summed E-state index contributed by atoms with van der Waals surface area (Å²) in [6.07, 6.45) is 1.49. The predicted molar refractivity (Wildman–Crippen MR) is 76.3 cm³/mol. The molecule has 0 fully saturated rings. The van der Waals surface area contributed by atoms with Crippen LogP contribution in [0.2, 0.25) is 0 Å². The molecule has 20 heavy (non-hydrogen) atoms. The Bertz CT molecular complexity index is 730. The van der Waals surface area contributed by atoms with Gasteiger partial charge in [-0.2, -0.15) is 5.10 Å². The quantitative estimate of drug-likeness (QED) is 0.488. The van der Waals surface area contributed by atoms with Crippen LogP contribution in [0.5, 0.6) is 0 Å². The van der Waals surface area contributed by atoms with E-state index in [1.165, 1.54) is 29.1 Å². The fourth-order valence-corrected chi connectivity index (χ4v) is 1.82. The maximum Gasteiger partial charge on any atom is 0.271 e. The highest BCUT2D eigenvalue weighted by Crippen LogP contribution is 2.10. The van der Waals surface area contributed by atoms with Crippen molar-refractivity contribution in [3.63, 3.8) is 0 Å². The van der Waals surface area contributed by atoms with E-state index in [9.17, 15) is 14.9 Å². The first-order chi connectivity index (χ1) is 9.47. The van der Waals surface area contributed by atoms with Gasteiger partial charge in [0.05, 0.1) is 11.1 Å². The number of pyridine rings is 1. The predicted octanol–water partition coefficient (Wildman–Crippen LogP) is 2.26. The second-order valence-electron chi connectivity index (χ2n) is 4.42. The Hall–Kier alpha value is -2.76. The average Bonchev–Trinajstić information content (AvgIpc) is 2.38. The third-order valence-corrected chi connectivity index (χ3v) is 2.76. The van der Waals surface area contributed by atoms with Crippen LogP contribution < -0.4 is 5.56 Å². The van der Waals surface area contributed by atoms with Crippen molar-refractivity contribution < 1.29 is 4.92 Å². The van der Waals surface area contributed by atoms with E-state index in [2.05, 4.69) is 5.10 Å². The van der Waals surface area contributed by atoms with E-state index in [0.29, 0.717) is 5.56 Å². The molecular weight excluding hydrogens is 258 g/mol. The van der Waals surface area contributed by atoms with Crippen LogP contribution >= 0.6 is 0 Å². The largest absolute Gasteiger partial charge is 0.271 e. The average molecular weight is 271 g/mol. The number of nitrogens with zero attached hydrogens (tertiary/aromatic N) is 3. The van der Waals surface area contributed by atoms with Gasteiger partial charge < -0.3 is 0 Å². The Balaban J connectivity index is 2.30. The van der Waals surface area contributed by atoms with E-state index in [4.69, 9.17) is 0 Å². The first-order valence-corrected chi connectivity index (χ1v) is 5.96. The molecule has 1 aromatic carbocycles. The van der Waals surface area contributed by atoms with Gasteiger partial charge in [0.1, 0.15) is 0 Å². The second kappa shape index (κ2) is 5.48. The summed E-state index contributed by atoms with van der Waals surface area (Å²) in [6.45, 7) is 3.64. The number of rotatable bonds is 3. The van der Waals surface area contributed by atoms with Gasteiger partial charge in [0, 0.05) is 23.9 Å². The lowest BCUT2D eigenvalue weighted by molar-refractivity contribution is -0.384. The van der Waals surface area contributed by atoms with Crippen molar-refractivity contribution >= 4 is 11.9 Å². The maximum absolute atomic E-state index is 11.8. The molecule has 0 saturated heterocycles. The zero-order chi connectivity index (χ0) is 14.7. The number of aryl methyl sites for hydroxylation is 2. The van der Waals surface area contributed by atoms with Crippen LogP contribution in [0.1, 0.15) is 16.8 Å². The first kappa shape index (κ1) is 13.7. The number of aromatic nitrogens is 1. The lowest BCUT2D eigenvalue weighted by Crippen LogP contribution is -2.18. The van der Waals surface area contributed by atoms with Gasteiger partial charge >= 0.3 is 0 Å². The van der Waals surface area contributed by atoms with Crippen LogP contribution in [-0.4, -0.2) is 15.8 Å². The SMILES string of the molecule is Cc1cc(C)n(N=Cc2ccc([N+](=O)[O-])cc2)c(=O)c1. The molecule has 0 aliphatic rings. The summed E-state index contributed by atoms with van der Waals surface area (Å²) in [7, 11) is 0. The summed E-state index contributed by atoms with van der Waals surface area (Å²) in [5.74, 6) is 0. The molecule has 0 unspecified atom stereocenters. The molecular formula is C14H13N3O3. The summed E-state index contributed by atoms with van der Waals surface area (Å²) >= 11 is 0. The van der Waals surface area contributed by atoms with Crippen molar-refractivity contribution in [2.24, 2.45) is 5.10 Å². The molecule has 1 heterocycles. The molecule has 0 radical (unpaired) electrons. The van der Waals surface area contributed by atoms with E-state index in [1.54, 1.807) is 19.1 Å². The molecule has 0 aliphatic heterocycles. The van der Waals surface area contributed by atoms with Gasteiger partial charge in [-0.3, -0.25) is 14.9 Å². The van der Waals surface area contributed by atoms with Crippen molar-refractivity contribution in [1.82, 2.24) is 4.68 Å². The Morgan fingerprint density at radius 3 is 2.40 bits per heavy atom. The normalized spacial score (nSPS) is 10.9. The smallest absolute Gasteiger partial charge is 0.267 e. The van der Waals surface area contributed by atoms with Crippen molar-refractivity contribution in [3.8, 4) is 0 Å². The number of hydrogen-bond donors (Lipinski definition) is 0. The van der Waals surface area contributed by atoms with Gasteiger partial charge in [-0.15, -0.1) is 0 Å². The highest BCUT2D eigenvalue weighted by Gasteiger charge is 2.03. The minimum atomic E-state index is -0.463. The van der Waals surface area contributed by atoms with Crippen LogP contribution in [0.25, 0.3) is 0 Å². The summed E-state index contributed by atoms with van der Waals surface area (Å²) in [5, 5.41) is 14.6. The molecule has 6 nitrogen and oxygen atoms in total. The zero-order valence-electron chi connectivity index (χ0n) is 11.1. The number of non-ortho nitro benzene ring substituents is 1. The molecule has 102 valence electrons. The lowest BCUT2D eigenvalue weighted by Gasteiger charge is -2.03. The molecule has 0 aliphatic carbocycles. The first-order valence-electron chi connectivity index (χ1n) is 5.96. The van der Waals surface area contributed by atoms with Gasteiger partial charge in [-0.25, -0.2) is 4.68 Å². The van der Waals surface area contributed by atoms with E-state index in [0.717, 1.165) is 11.3 Å². The fraction of sp³-hybridized carbons (Fsp3) is 0.143. The van der Waals surface area contributed by atoms with Crippen LogP contribution in [0.15, 0.2) is 46.3 Å².